The summed E-state index contributed by atoms with van der Waals surface area (Å²) >= 11 is 0. The summed E-state index contributed by atoms with van der Waals surface area (Å²) < 4.78 is 24.1. The van der Waals surface area contributed by atoms with Gasteiger partial charge in [-0.2, -0.15) is 0 Å². The molecule has 0 unspecified atom stereocenters. The van der Waals surface area contributed by atoms with Gasteiger partial charge in [-0.1, -0.05) is 0 Å². The predicted molar refractivity (Wildman–Crippen MR) is 80.2 cm³/mol. The molecule has 22 heavy (non-hydrogen) atoms. The third-order valence-corrected chi connectivity index (χ3v) is 3.41. The predicted octanol–water partition coefficient (Wildman–Crippen LogP) is 3.28. The van der Waals surface area contributed by atoms with Crippen molar-refractivity contribution in [1.29, 1.82) is 0 Å². The van der Waals surface area contributed by atoms with Gasteiger partial charge in [0.25, 0.3) is 0 Å². The summed E-state index contributed by atoms with van der Waals surface area (Å²) in [6.07, 6.45) is 1.48. The highest BCUT2D eigenvalue weighted by Crippen LogP contribution is 2.36. The first-order valence-corrected chi connectivity index (χ1v) is 6.86. The summed E-state index contributed by atoms with van der Waals surface area (Å²) in [6, 6.07) is 9.79. The van der Waals surface area contributed by atoms with E-state index < -0.39 is 0 Å². The molecule has 1 N–H and O–H groups in total. The van der Waals surface area contributed by atoms with Crippen LogP contribution in [0.2, 0.25) is 0 Å². The number of nitrogens with zero attached hydrogens (tertiary/aromatic N) is 2. The van der Waals surface area contributed by atoms with Crippen molar-refractivity contribution in [2.24, 2.45) is 0 Å². The van der Waals surface area contributed by atoms with Crippen LogP contribution in [-0.2, 0) is 0 Å². The minimum absolute atomic E-state index is 0.280. The van der Waals surface area contributed by atoms with Gasteiger partial charge in [0.15, 0.2) is 11.5 Å². The van der Waals surface area contributed by atoms with E-state index in [0.29, 0.717) is 30.5 Å². The Labute approximate surface area is 125 Å². The summed E-state index contributed by atoms with van der Waals surface area (Å²) in [6.45, 7) is 1.05. The first-order valence-electron chi connectivity index (χ1n) is 6.86. The van der Waals surface area contributed by atoms with Crippen LogP contribution in [0.1, 0.15) is 0 Å². The van der Waals surface area contributed by atoms with E-state index >= 15 is 0 Å². The lowest BCUT2D eigenvalue weighted by Gasteiger charge is -2.19. The molecular weight excluding hydrogens is 285 g/mol. The molecule has 0 amide bonds. The highest BCUT2D eigenvalue weighted by Gasteiger charge is 2.15. The zero-order valence-electron chi connectivity index (χ0n) is 11.5. The van der Waals surface area contributed by atoms with Crippen LogP contribution in [0.3, 0.4) is 0 Å². The first-order chi connectivity index (χ1) is 10.8. The molecule has 0 saturated carbocycles. The molecular formula is C16H12FN3O2. The van der Waals surface area contributed by atoms with Crippen LogP contribution in [0.4, 0.5) is 15.9 Å². The van der Waals surface area contributed by atoms with E-state index in [4.69, 9.17) is 9.47 Å². The Bertz CT molecular complexity index is 837. The van der Waals surface area contributed by atoms with Crippen LogP contribution >= 0.6 is 0 Å². The number of ether oxygens (including phenoxy) is 2. The summed E-state index contributed by atoms with van der Waals surface area (Å²) in [5, 5.41) is 3.98. The molecule has 6 heteroatoms. The maximum atomic E-state index is 13.0. The second kappa shape index (κ2) is 5.14. The summed E-state index contributed by atoms with van der Waals surface area (Å²) in [5.74, 6) is 1.71. The average Bonchev–Trinajstić information content (AvgIpc) is 2.55. The van der Waals surface area contributed by atoms with Crippen LogP contribution in [0.15, 0.2) is 42.7 Å². The van der Waals surface area contributed by atoms with Gasteiger partial charge < -0.3 is 14.8 Å². The Morgan fingerprint density at radius 2 is 1.68 bits per heavy atom. The Morgan fingerprint density at radius 3 is 2.45 bits per heavy atom. The van der Waals surface area contributed by atoms with Crippen molar-refractivity contribution in [3.05, 3.63) is 48.5 Å². The topological polar surface area (TPSA) is 56.3 Å². The van der Waals surface area contributed by atoms with Gasteiger partial charge in [0.05, 0.1) is 5.52 Å². The molecule has 0 saturated heterocycles. The van der Waals surface area contributed by atoms with Crippen molar-refractivity contribution in [3.63, 3.8) is 0 Å². The van der Waals surface area contributed by atoms with E-state index in [1.807, 2.05) is 12.1 Å². The Kier molecular flexibility index (Phi) is 3.00. The molecule has 0 bridgehead atoms. The lowest BCUT2D eigenvalue weighted by Crippen LogP contribution is -2.15. The Morgan fingerprint density at radius 1 is 0.955 bits per heavy atom. The number of anilines is 2. The third-order valence-electron chi connectivity index (χ3n) is 3.41. The minimum Gasteiger partial charge on any atom is -0.486 e. The molecule has 4 rings (SSSR count). The van der Waals surface area contributed by atoms with Crippen LogP contribution in [0.25, 0.3) is 10.9 Å². The molecule has 0 radical (unpaired) electrons. The molecule has 1 aliphatic heterocycles. The highest BCUT2D eigenvalue weighted by molar-refractivity contribution is 5.93. The van der Waals surface area contributed by atoms with E-state index in [1.54, 1.807) is 12.1 Å². The monoisotopic (exact) mass is 297 g/mol. The lowest BCUT2D eigenvalue weighted by molar-refractivity contribution is 0.172. The van der Waals surface area contributed by atoms with E-state index in [9.17, 15) is 4.39 Å². The smallest absolute Gasteiger partial charge is 0.163 e. The Balaban J connectivity index is 1.78. The van der Waals surface area contributed by atoms with Crippen molar-refractivity contribution in [2.45, 2.75) is 0 Å². The number of halogens is 1. The van der Waals surface area contributed by atoms with Crippen LogP contribution < -0.4 is 14.8 Å². The van der Waals surface area contributed by atoms with Gasteiger partial charge >= 0.3 is 0 Å². The molecule has 2 heterocycles. The van der Waals surface area contributed by atoms with Gasteiger partial charge in [0.1, 0.15) is 31.2 Å². The first kappa shape index (κ1) is 12.8. The molecule has 3 aromatic rings. The van der Waals surface area contributed by atoms with Gasteiger partial charge in [0.2, 0.25) is 0 Å². The molecule has 1 aromatic heterocycles. The van der Waals surface area contributed by atoms with Gasteiger partial charge in [-0.3, -0.25) is 0 Å². The van der Waals surface area contributed by atoms with E-state index in [-0.39, 0.29) is 5.82 Å². The van der Waals surface area contributed by atoms with Gasteiger partial charge in [-0.15, -0.1) is 0 Å². The normalized spacial score (nSPS) is 13.1. The number of hydrogen-bond donors (Lipinski definition) is 1. The van der Waals surface area contributed by atoms with Crippen molar-refractivity contribution < 1.29 is 13.9 Å². The number of rotatable bonds is 2. The number of aromatic nitrogens is 2. The Hall–Kier alpha value is -2.89. The van der Waals surface area contributed by atoms with Crippen molar-refractivity contribution in [1.82, 2.24) is 9.97 Å². The maximum Gasteiger partial charge on any atom is 0.163 e. The number of fused-ring (bicyclic) bond motifs is 2. The SMILES string of the molecule is Fc1ccc(Nc2ncnc3cc4c(cc23)OCCO4)cc1. The summed E-state index contributed by atoms with van der Waals surface area (Å²) in [4.78, 5) is 8.52. The lowest BCUT2D eigenvalue weighted by atomic mass is 10.2. The molecule has 0 atom stereocenters. The van der Waals surface area contributed by atoms with E-state index in [1.165, 1.54) is 18.5 Å². The molecule has 0 aliphatic carbocycles. The summed E-state index contributed by atoms with van der Waals surface area (Å²) in [7, 11) is 0. The fraction of sp³-hybridized carbons (Fsp3) is 0.125. The molecule has 110 valence electrons. The van der Waals surface area contributed by atoms with Crippen molar-refractivity contribution in [3.8, 4) is 11.5 Å². The molecule has 2 aromatic carbocycles. The van der Waals surface area contributed by atoms with Crippen molar-refractivity contribution in [2.75, 3.05) is 18.5 Å². The number of nitrogens with one attached hydrogen (secondary N) is 1. The second-order valence-electron chi connectivity index (χ2n) is 4.87. The minimum atomic E-state index is -0.280. The fourth-order valence-electron chi connectivity index (χ4n) is 2.36. The third kappa shape index (κ3) is 2.28. The zero-order valence-corrected chi connectivity index (χ0v) is 11.5. The largest absolute Gasteiger partial charge is 0.486 e. The molecule has 1 aliphatic rings. The van der Waals surface area contributed by atoms with Gasteiger partial charge in [0, 0.05) is 17.1 Å². The standard InChI is InChI=1S/C16H12FN3O2/c17-10-1-3-11(4-2-10)20-16-12-7-14-15(22-6-5-21-14)8-13(12)18-9-19-16/h1-4,7-9H,5-6H2,(H,18,19,20). The van der Waals surface area contributed by atoms with Crippen LogP contribution in [-0.4, -0.2) is 23.2 Å². The summed E-state index contributed by atoms with van der Waals surface area (Å²) in [5.41, 5.74) is 1.50. The zero-order chi connectivity index (χ0) is 14.9. The van der Waals surface area contributed by atoms with Gasteiger partial charge in [-0.25, -0.2) is 14.4 Å². The highest BCUT2D eigenvalue weighted by atomic mass is 19.1. The average molecular weight is 297 g/mol. The van der Waals surface area contributed by atoms with Crippen LogP contribution in [0, 0.1) is 5.82 Å². The molecule has 0 spiro atoms. The quantitative estimate of drug-likeness (QED) is 0.786. The molecule has 0 fully saturated rings. The van der Waals surface area contributed by atoms with Crippen molar-refractivity contribution >= 4 is 22.4 Å². The fourth-order valence-corrected chi connectivity index (χ4v) is 2.36. The molecule has 5 nitrogen and oxygen atoms in total. The number of hydrogen-bond acceptors (Lipinski definition) is 5. The van der Waals surface area contributed by atoms with E-state index in [0.717, 1.165) is 16.6 Å². The van der Waals surface area contributed by atoms with Crippen LogP contribution in [0.5, 0.6) is 11.5 Å². The van der Waals surface area contributed by atoms with Gasteiger partial charge in [-0.05, 0) is 30.3 Å². The van der Waals surface area contributed by atoms with E-state index in [2.05, 4.69) is 15.3 Å². The maximum absolute atomic E-state index is 13.0. The number of benzene rings is 2. The second-order valence-corrected chi connectivity index (χ2v) is 4.87.